The second-order valence-electron chi connectivity index (χ2n) is 7.11. The predicted octanol–water partition coefficient (Wildman–Crippen LogP) is 2.48. The smallest absolute Gasteiger partial charge is 0.253 e. The summed E-state index contributed by atoms with van der Waals surface area (Å²) in [4.78, 5) is 21.5. The van der Waals surface area contributed by atoms with Gasteiger partial charge in [0.25, 0.3) is 5.91 Å². The molecule has 0 saturated carbocycles. The Labute approximate surface area is 160 Å². The van der Waals surface area contributed by atoms with Gasteiger partial charge < -0.3 is 14.7 Å². The van der Waals surface area contributed by atoms with Gasteiger partial charge in [-0.05, 0) is 32.0 Å². The van der Waals surface area contributed by atoms with Gasteiger partial charge in [0, 0.05) is 37.9 Å². The third kappa shape index (κ3) is 4.86. The molecule has 1 fully saturated rings. The van der Waals surface area contributed by atoms with Gasteiger partial charge in [-0.15, -0.1) is 0 Å². The molecule has 0 unspecified atom stereocenters. The van der Waals surface area contributed by atoms with Gasteiger partial charge in [0.1, 0.15) is 5.82 Å². The van der Waals surface area contributed by atoms with Crippen LogP contribution >= 0.6 is 0 Å². The van der Waals surface area contributed by atoms with E-state index in [2.05, 4.69) is 46.2 Å². The van der Waals surface area contributed by atoms with E-state index in [9.17, 15) is 4.79 Å². The minimum Gasteiger partial charge on any atom is -0.359 e. The maximum Gasteiger partial charge on any atom is 0.253 e. The Morgan fingerprint density at radius 2 is 2.19 bits per heavy atom. The number of carbonyl (C=O) groups is 1. The van der Waals surface area contributed by atoms with Crippen LogP contribution in [0.15, 0.2) is 28.9 Å². The molecule has 146 valence electrons. The molecule has 0 aliphatic carbocycles. The number of aryl methyl sites for hydroxylation is 1. The van der Waals surface area contributed by atoms with Crippen LogP contribution in [0, 0.1) is 0 Å². The highest BCUT2D eigenvalue weighted by atomic mass is 16.5. The minimum absolute atomic E-state index is 0.160. The number of amides is 1. The van der Waals surface area contributed by atoms with E-state index in [0.29, 0.717) is 23.9 Å². The van der Waals surface area contributed by atoms with Crippen LogP contribution in [0.25, 0.3) is 0 Å². The SMILES string of the molecule is CCCc1cc(CNC(=O)c2ccc(N3CCN(C)[C@H](CC)C3)nc2)on1. The standard InChI is InChI=1S/C20H29N5O2/c1-4-6-16-11-18(27-23-16)13-22-20(26)15-7-8-19(21-12-15)25-10-9-24(3)17(5-2)14-25/h7-8,11-12,17H,4-6,9-10,13-14H2,1-3H3,(H,22,26)/t17-/m1/s1. The molecular weight excluding hydrogens is 342 g/mol. The second kappa shape index (κ2) is 8.99. The summed E-state index contributed by atoms with van der Waals surface area (Å²) in [6.07, 6.45) is 4.67. The lowest BCUT2D eigenvalue weighted by atomic mass is 10.1. The van der Waals surface area contributed by atoms with Crippen molar-refractivity contribution < 1.29 is 9.32 Å². The molecule has 1 aliphatic rings. The molecule has 3 rings (SSSR count). The number of carbonyl (C=O) groups excluding carboxylic acids is 1. The minimum atomic E-state index is -0.160. The Balaban J connectivity index is 1.55. The van der Waals surface area contributed by atoms with Crippen LogP contribution in [0.4, 0.5) is 5.82 Å². The molecular formula is C20H29N5O2. The number of nitrogens with zero attached hydrogens (tertiary/aromatic N) is 4. The Bertz CT molecular complexity index is 743. The summed E-state index contributed by atoms with van der Waals surface area (Å²) in [7, 11) is 2.17. The lowest BCUT2D eigenvalue weighted by molar-refractivity contribution is 0.0946. The van der Waals surface area contributed by atoms with E-state index in [1.807, 2.05) is 18.2 Å². The van der Waals surface area contributed by atoms with Crippen molar-refractivity contribution >= 4 is 11.7 Å². The Hall–Kier alpha value is -2.41. The fraction of sp³-hybridized carbons (Fsp3) is 0.550. The van der Waals surface area contributed by atoms with E-state index in [0.717, 1.165) is 50.4 Å². The maximum atomic E-state index is 12.3. The summed E-state index contributed by atoms with van der Waals surface area (Å²) in [5.41, 5.74) is 1.47. The molecule has 0 radical (unpaired) electrons. The average molecular weight is 371 g/mol. The number of likely N-dealkylation sites (N-methyl/N-ethyl adjacent to an activating group) is 1. The summed E-state index contributed by atoms with van der Waals surface area (Å²) in [6, 6.07) is 6.20. The molecule has 1 N–H and O–H groups in total. The predicted molar refractivity (Wildman–Crippen MR) is 105 cm³/mol. The fourth-order valence-corrected chi connectivity index (χ4v) is 3.38. The van der Waals surface area contributed by atoms with Crippen molar-refractivity contribution in [1.29, 1.82) is 0 Å². The zero-order valence-corrected chi connectivity index (χ0v) is 16.4. The first-order valence-electron chi connectivity index (χ1n) is 9.74. The van der Waals surface area contributed by atoms with Gasteiger partial charge in [0.2, 0.25) is 0 Å². The number of rotatable bonds is 7. The van der Waals surface area contributed by atoms with Gasteiger partial charge in [-0.3, -0.25) is 9.69 Å². The average Bonchev–Trinajstić information content (AvgIpc) is 3.14. The highest BCUT2D eigenvalue weighted by molar-refractivity contribution is 5.93. The number of nitrogens with one attached hydrogen (secondary N) is 1. The lowest BCUT2D eigenvalue weighted by Crippen LogP contribution is -2.51. The van der Waals surface area contributed by atoms with Crippen molar-refractivity contribution in [3.63, 3.8) is 0 Å². The number of aromatic nitrogens is 2. The Morgan fingerprint density at radius 3 is 2.89 bits per heavy atom. The van der Waals surface area contributed by atoms with Crippen molar-refractivity contribution in [2.75, 3.05) is 31.6 Å². The molecule has 0 spiro atoms. The molecule has 7 heteroatoms. The van der Waals surface area contributed by atoms with E-state index in [-0.39, 0.29) is 5.91 Å². The van der Waals surface area contributed by atoms with Gasteiger partial charge in [0.05, 0.1) is 17.8 Å². The van der Waals surface area contributed by atoms with Crippen LogP contribution in [0.5, 0.6) is 0 Å². The van der Waals surface area contributed by atoms with Gasteiger partial charge in [-0.2, -0.15) is 0 Å². The topological polar surface area (TPSA) is 74.5 Å². The van der Waals surface area contributed by atoms with Gasteiger partial charge in [-0.1, -0.05) is 25.4 Å². The van der Waals surface area contributed by atoms with Gasteiger partial charge >= 0.3 is 0 Å². The van der Waals surface area contributed by atoms with Crippen LogP contribution in [-0.4, -0.2) is 53.7 Å². The summed E-state index contributed by atoms with van der Waals surface area (Å²) in [5.74, 6) is 1.43. The third-order valence-corrected chi connectivity index (χ3v) is 5.12. The molecule has 7 nitrogen and oxygen atoms in total. The van der Waals surface area contributed by atoms with Crippen molar-refractivity contribution in [3.05, 3.63) is 41.4 Å². The first-order chi connectivity index (χ1) is 13.1. The first kappa shape index (κ1) is 19.4. The van der Waals surface area contributed by atoms with Crippen LogP contribution < -0.4 is 10.2 Å². The summed E-state index contributed by atoms with van der Waals surface area (Å²) in [5, 5.41) is 6.85. The van der Waals surface area contributed by atoms with Crippen molar-refractivity contribution in [2.24, 2.45) is 0 Å². The van der Waals surface area contributed by atoms with E-state index in [1.54, 1.807) is 6.20 Å². The number of anilines is 1. The highest BCUT2D eigenvalue weighted by Gasteiger charge is 2.23. The normalized spacial score (nSPS) is 17.9. The summed E-state index contributed by atoms with van der Waals surface area (Å²) < 4.78 is 5.24. The van der Waals surface area contributed by atoms with E-state index < -0.39 is 0 Å². The zero-order chi connectivity index (χ0) is 19.2. The number of hydrogen-bond donors (Lipinski definition) is 1. The molecule has 1 atom stereocenters. The molecule has 0 aromatic carbocycles. The number of hydrogen-bond acceptors (Lipinski definition) is 6. The molecule has 2 aromatic heterocycles. The van der Waals surface area contributed by atoms with E-state index in [4.69, 9.17) is 4.52 Å². The van der Waals surface area contributed by atoms with Crippen molar-refractivity contribution in [1.82, 2.24) is 20.4 Å². The Kier molecular flexibility index (Phi) is 6.45. The largest absolute Gasteiger partial charge is 0.359 e. The van der Waals surface area contributed by atoms with Gasteiger partial charge in [-0.25, -0.2) is 4.98 Å². The molecule has 3 heterocycles. The number of pyridine rings is 1. The molecule has 27 heavy (non-hydrogen) atoms. The first-order valence-corrected chi connectivity index (χ1v) is 9.74. The molecule has 1 aliphatic heterocycles. The molecule has 1 saturated heterocycles. The van der Waals surface area contributed by atoms with E-state index >= 15 is 0 Å². The van der Waals surface area contributed by atoms with Crippen LogP contribution in [0.1, 0.15) is 48.5 Å². The molecule has 1 amide bonds. The Morgan fingerprint density at radius 1 is 1.33 bits per heavy atom. The zero-order valence-electron chi connectivity index (χ0n) is 16.4. The van der Waals surface area contributed by atoms with E-state index in [1.165, 1.54) is 0 Å². The lowest BCUT2D eigenvalue weighted by Gasteiger charge is -2.39. The summed E-state index contributed by atoms with van der Waals surface area (Å²) in [6.45, 7) is 7.59. The molecule has 0 bridgehead atoms. The number of piperazine rings is 1. The third-order valence-electron chi connectivity index (χ3n) is 5.12. The second-order valence-corrected chi connectivity index (χ2v) is 7.11. The monoisotopic (exact) mass is 371 g/mol. The summed E-state index contributed by atoms with van der Waals surface area (Å²) >= 11 is 0. The van der Waals surface area contributed by atoms with Gasteiger partial charge in [0.15, 0.2) is 5.76 Å². The highest BCUT2D eigenvalue weighted by Crippen LogP contribution is 2.18. The van der Waals surface area contributed by atoms with Crippen molar-refractivity contribution in [2.45, 2.75) is 45.7 Å². The van der Waals surface area contributed by atoms with Crippen LogP contribution in [0.3, 0.4) is 0 Å². The quantitative estimate of drug-likeness (QED) is 0.806. The van der Waals surface area contributed by atoms with Crippen molar-refractivity contribution in [3.8, 4) is 0 Å². The van der Waals surface area contributed by atoms with Crippen LogP contribution in [-0.2, 0) is 13.0 Å². The van der Waals surface area contributed by atoms with Crippen LogP contribution in [0.2, 0.25) is 0 Å². The molecule has 2 aromatic rings. The maximum absolute atomic E-state index is 12.3. The fourth-order valence-electron chi connectivity index (χ4n) is 3.38.